The summed E-state index contributed by atoms with van der Waals surface area (Å²) >= 11 is 0. The predicted molar refractivity (Wildman–Crippen MR) is 63.5 cm³/mol. The second-order valence-electron chi connectivity index (χ2n) is 5.52. The Hall–Kier alpha value is -0.550. The first-order valence-electron chi connectivity index (χ1n) is 6.25. The highest BCUT2D eigenvalue weighted by Gasteiger charge is 2.28. The monoisotopic (exact) mass is 208 g/mol. The van der Waals surface area contributed by atoms with Crippen molar-refractivity contribution < 1.29 is 0 Å². The Morgan fingerprint density at radius 2 is 1.93 bits per heavy atom. The molecule has 0 aliphatic heterocycles. The van der Waals surface area contributed by atoms with Crippen molar-refractivity contribution in [3.8, 4) is 6.07 Å². The maximum atomic E-state index is 9.25. The van der Waals surface area contributed by atoms with Gasteiger partial charge in [0.15, 0.2) is 0 Å². The van der Waals surface area contributed by atoms with E-state index in [0.717, 1.165) is 6.42 Å². The quantitative estimate of drug-likeness (QED) is 0.770. The molecule has 0 bridgehead atoms. The molecule has 1 saturated carbocycles. The topological polar surface area (TPSA) is 35.8 Å². The molecule has 1 atom stereocenters. The molecule has 1 aliphatic rings. The van der Waals surface area contributed by atoms with E-state index in [1.54, 1.807) is 0 Å². The summed E-state index contributed by atoms with van der Waals surface area (Å²) in [6.45, 7) is 6.40. The summed E-state index contributed by atoms with van der Waals surface area (Å²) in [7, 11) is 0. The van der Waals surface area contributed by atoms with Crippen LogP contribution in [0.4, 0.5) is 0 Å². The second kappa shape index (κ2) is 5.51. The van der Waals surface area contributed by atoms with Crippen LogP contribution in [0.3, 0.4) is 0 Å². The largest absolute Gasteiger partial charge is 0.297 e. The van der Waals surface area contributed by atoms with E-state index in [1.807, 2.05) is 6.92 Å². The molecule has 1 fully saturated rings. The van der Waals surface area contributed by atoms with E-state index in [0.29, 0.717) is 12.0 Å². The molecule has 0 aromatic rings. The van der Waals surface area contributed by atoms with Crippen molar-refractivity contribution in [1.29, 1.82) is 5.26 Å². The number of nitriles is 1. The highest BCUT2D eigenvalue weighted by atomic mass is 15.0. The first kappa shape index (κ1) is 12.5. The van der Waals surface area contributed by atoms with Crippen LogP contribution in [0.25, 0.3) is 0 Å². The highest BCUT2D eigenvalue weighted by Crippen LogP contribution is 2.22. The summed E-state index contributed by atoms with van der Waals surface area (Å²) in [5, 5.41) is 12.8. The van der Waals surface area contributed by atoms with E-state index in [9.17, 15) is 5.26 Å². The number of rotatable bonds is 4. The zero-order chi connectivity index (χ0) is 11.3. The van der Waals surface area contributed by atoms with Crippen LogP contribution in [0.5, 0.6) is 0 Å². The van der Waals surface area contributed by atoms with Gasteiger partial charge in [-0.15, -0.1) is 0 Å². The van der Waals surface area contributed by atoms with Crippen molar-refractivity contribution in [2.24, 2.45) is 5.92 Å². The number of hydrogen-bond donors (Lipinski definition) is 1. The average Bonchev–Trinajstić information content (AvgIpc) is 2.18. The van der Waals surface area contributed by atoms with Gasteiger partial charge in [0.2, 0.25) is 0 Å². The van der Waals surface area contributed by atoms with E-state index in [4.69, 9.17) is 0 Å². The lowest BCUT2D eigenvalue weighted by molar-refractivity contribution is 0.277. The molecule has 1 unspecified atom stereocenters. The van der Waals surface area contributed by atoms with Gasteiger partial charge in [-0.25, -0.2) is 0 Å². The molecule has 0 aromatic carbocycles. The van der Waals surface area contributed by atoms with Crippen molar-refractivity contribution in [2.45, 2.75) is 70.9 Å². The summed E-state index contributed by atoms with van der Waals surface area (Å²) in [5.41, 5.74) is -0.323. The Morgan fingerprint density at radius 1 is 1.33 bits per heavy atom. The third-order valence-corrected chi connectivity index (χ3v) is 3.19. The van der Waals surface area contributed by atoms with E-state index in [-0.39, 0.29) is 5.54 Å². The van der Waals surface area contributed by atoms with Gasteiger partial charge in [0, 0.05) is 6.04 Å². The van der Waals surface area contributed by atoms with Crippen LogP contribution in [0, 0.1) is 17.2 Å². The van der Waals surface area contributed by atoms with Crippen LogP contribution >= 0.6 is 0 Å². The van der Waals surface area contributed by atoms with Gasteiger partial charge >= 0.3 is 0 Å². The SMILES string of the molecule is CC(C)CC(C)(C#N)NC1CCCCC1. The Morgan fingerprint density at radius 3 is 2.40 bits per heavy atom. The van der Waals surface area contributed by atoms with E-state index in [1.165, 1.54) is 32.1 Å². The summed E-state index contributed by atoms with van der Waals surface area (Å²) < 4.78 is 0. The normalized spacial score (nSPS) is 22.3. The average molecular weight is 208 g/mol. The van der Waals surface area contributed by atoms with Crippen LogP contribution in [-0.4, -0.2) is 11.6 Å². The number of nitrogens with one attached hydrogen (secondary N) is 1. The van der Waals surface area contributed by atoms with Gasteiger partial charge < -0.3 is 0 Å². The lowest BCUT2D eigenvalue weighted by Gasteiger charge is -2.32. The summed E-state index contributed by atoms with van der Waals surface area (Å²) in [6.07, 6.45) is 7.44. The van der Waals surface area contributed by atoms with Crippen molar-refractivity contribution >= 4 is 0 Å². The molecular weight excluding hydrogens is 184 g/mol. The van der Waals surface area contributed by atoms with Gasteiger partial charge in [0.25, 0.3) is 0 Å². The number of nitrogens with zero attached hydrogens (tertiary/aromatic N) is 1. The molecule has 15 heavy (non-hydrogen) atoms. The first-order valence-corrected chi connectivity index (χ1v) is 6.25. The Balaban J connectivity index is 2.47. The maximum absolute atomic E-state index is 9.25. The predicted octanol–water partition coefficient (Wildman–Crippen LogP) is 3.24. The minimum atomic E-state index is -0.323. The fraction of sp³-hybridized carbons (Fsp3) is 0.923. The minimum absolute atomic E-state index is 0.323. The van der Waals surface area contributed by atoms with Crippen LogP contribution < -0.4 is 5.32 Å². The third-order valence-electron chi connectivity index (χ3n) is 3.19. The zero-order valence-electron chi connectivity index (χ0n) is 10.3. The van der Waals surface area contributed by atoms with E-state index in [2.05, 4.69) is 25.2 Å². The lowest BCUT2D eigenvalue weighted by atomic mass is 9.88. The second-order valence-corrected chi connectivity index (χ2v) is 5.52. The third kappa shape index (κ3) is 4.22. The Labute approximate surface area is 94.1 Å². The van der Waals surface area contributed by atoms with E-state index < -0.39 is 0 Å². The smallest absolute Gasteiger partial charge is 0.104 e. The van der Waals surface area contributed by atoms with E-state index >= 15 is 0 Å². The first-order chi connectivity index (χ1) is 7.06. The van der Waals surface area contributed by atoms with Crippen molar-refractivity contribution in [2.75, 3.05) is 0 Å². The van der Waals surface area contributed by atoms with Gasteiger partial charge in [-0.3, -0.25) is 5.32 Å². The zero-order valence-corrected chi connectivity index (χ0v) is 10.3. The molecule has 0 saturated heterocycles. The van der Waals surface area contributed by atoms with Crippen LogP contribution in [0.1, 0.15) is 59.3 Å². The molecule has 2 nitrogen and oxygen atoms in total. The maximum Gasteiger partial charge on any atom is 0.104 e. The molecule has 0 aromatic heterocycles. The van der Waals surface area contributed by atoms with Crippen LogP contribution in [0.15, 0.2) is 0 Å². The Bertz CT molecular complexity index is 223. The molecule has 2 heteroatoms. The van der Waals surface area contributed by atoms with Gasteiger partial charge in [-0.2, -0.15) is 5.26 Å². The molecule has 1 rings (SSSR count). The summed E-state index contributed by atoms with van der Waals surface area (Å²) in [5.74, 6) is 0.575. The molecule has 86 valence electrons. The molecule has 1 aliphatic carbocycles. The number of hydrogen-bond acceptors (Lipinski definition) is 2. The molecule has 1 N–H and O–H groups in total. The van der Waals surface area contributed by atoms with Crippen molar-refractivity contribution in [1.82, 2.24) is 5.32 Å². The fourth-order valence-electron chi connectivity index (χ4n) is 2.65. The molecule has 0 amide bonds. The fourth-order valence-corrected chi connectivity index (χ4v) is 2.65. The van der Waals surface area contributed by atoms with Crippen molar-refractivity contribution in [3.05, 3.63) is 0 Å². The van der Waals surface area contributed by atoms with Gasteiger partial charge in [-0.05, 0) is 32.1 Å². The highest BCUT2D eigenvalue weighted by molar-refractivity contribution is 5.05. The minimum Gasteiger partial charge on any atom is -0.297 e. The van der Waals surface area contributed by atoms with Crippen LogP contribution in [0.2, 0.25) is 0 Å². The standard InChI is InChI=1S/C13H24N2/c1-11(2)9-13(3,10-14)15-12-7-5-4-6-8-12/h11-12,15H,4-9H2,1-3H3. The van der Waals surface area contributed by atoms with Crippen molar-refractivity contribution in [3.63, 3.8) is 0 Å². The van der Waals surface area contributed by atoms with Crippen LogP contribution in [-0.2, 0) is 0 Å². The van der Waals surface area contributed by atoms with Gasteiger partial charge in [-0.1, -0.05) is 33.1 Å². The molecule has 0 spiro atoms. The van der Waals surface area contributed by atoms with Gasteiger partial charge in [0.1, 0.15) is 5.54 Å². The molecular formula is C13H24N2. The summed E-state index contributed by atoms with van der Waals surface area (Å²) in [4.78, 5) is 0. The molecule has 0 radical (unpaired) electrons. The Kier molecular flexibility index (Phi) is 4.60. The summed E-state index contributed by atoms with van der Waals surface area (Å²) in [6, 6.07) is 3.02. The van der Waals surface area contributed by atoms with Gasteiger partial charge in [0.05, 0.1) is 6.07 Å². The lowest BCUT2D eigenvalue weighted by Crippen LogP contribution is -2.48. The molecule has 0 heterocycles.